The van der Waals surface area contributed by atoms with Gasteiger partial charge < -0.3 is 20.2 Å². The quantitative estimate of drug-likeness (QED) is 0.588. The van der Waals surface area contributed by atoms with E-state index in [1.54, 1.807) is 13.1 Å². The molecule has 1 aliphatic rings. The second-order valence-electron chi connectivity index (χ2n) is 8.18. The molecule has 4 rings (SSSR count). The molecule has 2 aromatic carbocycles. The predicted octanol–water partition coefficient (Wildman–Crippen LogP) is 2.25. The van der Waals surface area contributed by atoms with Gasteiger partial charge in [-0.3, -0.25) is 9.36 Å². The highest BCUT2D eigenvalue weighted by atomic mass is 16.5. The Morgan fingerprint density at radius 1 is 1.28 bits per heavy atom. The largest absolute Gasteiger partial charge is 0.419 e. The molecule has 2 heterocycles. The summed E-state index contributed by atoms with van der Waals surface area (Å²) < 4.78 is 12.2. The minimum atomic E-state index is -0.637. The van der Waals surface area contributed by atoms with Gasteiger partial charge in [0, 0.05) is 32.5 Å². The molecule has 3 atom stereocenters. The van der Waals surface area contributed by atoms with Crippen molar-refractivity contribution in [3.8, 4) is 17.2 Å². The lowest BCUT2D eigenvalue weighted by Gasteiger charge is -2.19. The molecule has 166 valence electrons. The van der Waals surface area contributed by atoms with Crippen LogP contribution in [0, 0.1) is 11.3 Å². The van der Waals surface area contributed by atoms with Gasteiger partial charge in [0.05, 0.1) is 17.7 Å². The van der Waals surface area contributed by atoms with Crippen LogP contribution in [0.2, 0.25) is 0 Å². The van der Waals surface area contributed by atoms with Crippen LogP contribution in [0.5, 0.6) is 0 Å². The van der Waals surface area contributed by atoms with E-state index in [9.17, 15) is 14.9 Å². The van der Waals surface area contributed by atoms with Crippen LogP contribution in [0.25, 0.3) is 22.2 Å². The third kappa shape index (κ3) is 4.74. The number of carbonyl (C=O) groups is 1. The first-order valence-electron chi connectivity index (χ1n) is 10.7. The van der Waals surface area contributed by atoms with E-state index in [1.807, 2.05) is 36.4 Å². The molecule has 0 bridgehead atoms. The van der Waals surface area contributed by atoms with Gasteiger partial charge in [-0.1, -0.05) is 30.3 Å². The van der Waals surface area contributed by atoms with Crippen molar-refractivity contribution in [1.29, 1.82) is 5.26 Å². The molecular weight excluding hydrogens is 408 g/mol. The number of fused-ring (bicyclic) bond motifs is 1. The van der Waals surface area contributed by atoms with Crippen LogP contribution in [-0.4, -0.2) is 35.3 Å². The Hall–Kier alpha value is -3.41. The zero-order chi connectivity index (χ0) is 22.7. The summed E-state index contributed by atoms with van der Waals surface area (Å²) in [6, 6.07) is 14.5. The fourth-order valence-corrected chi connectivity index (χ4v) is 4.04. The molecule has 3 aromatic rings. The van der Waals surface area contributed by atoms with Crippen LogP contribution >= 0.6 is 0 Å². The van der Waals surface area contributed by atoms with Crippen LogP contribution in [-0.2, 0) is 23.0 Å². The van der Waals surface area contributed by atoms with Crippen LogP contribution in [0.4, 0.5) is 0 Å². The number of aromatic nitrogens is 1. The lowest BCUT2D eigenvalue weighted by Crippen LogP contribution is -2.42. The van der Waals surface area contributed by atoms with Crippen LogP contribution in [0.1, 0.15) is 24.8 Å². The van der Waals surface area contributed by atoms with Crippen molar-refractivity contribution in [3.05, 3.63) is 58.6 Å². The number of ether oxygens (including phenoxy) is 1. The summed E-state index contributed by atoms with van der Waals surface area (Å²) >= 11 is 0. The second-order valence-corrected chi connectivity index (χ2v) is 8.18. The summed E-state index contributed by atoms with van der Waals surface area (Å²) in [4.78, 5) is 24.0. The maximum Gasteiger partial charge on any atom is 0.419 e. The van der Waals surface area contributed by atoms with Gasteiger partial charge in [0.1, 0.15) is 6.04 Å². The molecule has 0 radical (unpaired) electrons. The highest BCUT2D eigenvalue weighted by Crippen LogP contribution is 2.24. The SMILES string of the molecule is Cn1c(=O)oc2ccc(-c3ccc(C[C@@H](C#N)NC(=O)C[C@@H](N)C4CCCO4)cc3)cc21. The molecule has 1 fully saturated rings. The van der Waals surface area contributed by atoms with Crippen molar-refractivity contribution in [2.75, 3.05) is 6.61 Å². The Kier molecular flexibility index (Phi) is 6.40. The number of oxazole rings is 1. The van der Waals surface area contributed by atoms with E-state index in [0.717, 1.165) is 35.0 Å². The molecule has 0 aliphatic carbocycles. The molecule has 3 N–H and O–H groups in total. The van der Waals surface area contributed by atoms with Crippen molar-refractivity contribution < 1.29 is 13.9 Å². The first kappa shape index (κ1) is 21.8. The number of nitriles is 1. The Balaban J connectivity index is 1.39. The van der Waals surface area contributed by atoms with Gasteiger partial charge >= 0.3 is 5.76 Å². The normalized spacial score (nSPS) is 17.7. The number of amides is 1. The van der Waals surface area contributed by atoms with Gasteiger partial charge in [0.15, 0.2) is 5.58 Å². The minimum Gasteiger partial charge on any atom is -0.408 e. The molecule has 1 saturated heterocycles. The van der Waals surface area contributed by atoms with E-state index < -0.39 is 11.8 Å². The van der Waals surface area contributed by atoms with Crippen molar-refractivity contribution >= 4 is 17.0 Å². The number of nitrogens with two attached hydrogens (primary N) is 1. The first-order chi connectivity index (χ1) is 15.4. The summed E-state index contributed by atoms with van der Waals surface area (Å²) in [5, 5.41) is 12.3. The highest BCUT2D eigenvalue weighted by molar-refractivity contribution is 5.80. The van der Waals surface area contributed by atoms with E-state index in [2.05, 4.69) is 11.4 Å². The maximum absolute atomic E-state index is 12.3. The second kappa shape index (κ2) is 9.39. The summed E-state index contributed by atoms with van der Waals surface area (Å²) in [6.07, 6.45) is 2.28. The molecule has 1 unspecified atom stereocenters. The number of hydrogen-bond donors (Lipinski definition) is 2. The molecule has 8 heteroatoms. The number of carbonyl (C=O) groups excluding carboxylic acids is 1. The summed E-state index contributed by atoms with van der Waals surface area (Å²) in [5.74, 6) is -0.635. The molecule has 1 aliphatic heterocycles. The molecule has 1 amide bonds. The molecule has 0 saturated carbocycles. The lowest BCUT2D eigenvalue weighted by atomic mass is 10.0. The molecule has 1 aromatic heterocycles. The van der Waals surface area contributed by atoms with Crippen molar-refractivity contribution in [2.45, 2.75) is 43.9 Å². The fraction of sp³-hybridized carbons (Fsp3) is 0.375. The van der Waals surface area contributed by atoms with E-state index in [1.165, 1.54) is 4.57 Å². The molecule has 0 spiro atoms. The maximum atomic E-state index is 12.3. The first-order valence-corrected chi connectivity index (χ1v) is 10.7. The zero-order valence-electron chi connectivity index (χ0n) is 17.9. The number of benzene rings is 2. The van der Waals surface area contributed by atoms with E-state index >= 15 is 0 Å². The smallest absolute Gasteiger partial charge is 0.408 e. The highest BCUT2D eigenvalue weighted by Gasteiger charge is 2.25. The predicted molar refractivity (Wildman–Crippen MR) is 120 cm³/mol. The van der Waals surface area contributed by atoms with Gasteiger partial charge in [-0.05, 0) is 41.7 Å². The van der Waals surface area contributed by atoms with Gasteiger partial charge in [0.25, 0.3) is 0 Å². The zero-order valence-corrected chi connectivity index (χ0v) is 17.9. The summed E-state index contributed by atoms with van der Waals surface area (Å²) in [7, 11) is 1.67. The number of aryl methyl sites for hydroxylation is 1. The topological polar surface area (TPSA) is 123 Å². The van der Waals surface area contributed by atoms with Crippen molar-refractivity contribution in [2.24, 2.45) is 12.8 Å². The van der Waals surface area contributed by atoms with Crippen LogP contribution in [0.3, 0.4) is 0 Å². The summed E-state index contributed by atoms with van der Waals surface area (Å²) in [5.41, 5.74) is 10.2. The molecular formula is C24H26N4O4. The Morgan fingerprint density at radius 3 is 2.72 bits per heavy atom. The average Bonchev–Trinajstić information content (AvgIpc) is 3.42. The Bertz CT molecular complexity index is 1200. The fourth-order valence-electron chi connectivity index (χ4n) is 4.04. The third-order valence-corrected chi connectivity index (χ3v) is 5.87. The van der Waals surface area contributed by atoms with Crippen molar-refractivity contribution in [1.82, 2.24) is 9.88 Å². The number of nitrogens with zero attached hydrogens (tertiary/aromatic N) is 2. The van der Waals surface area contributed by atoms with E-state index in [4.69, 9.17) is 14.9 Å². The van der Waals surface area contributed by atoms with Crippen LogP contribution in [0.15, 0.2) is 51.7 Å². The van der Waals surface area contributed by atoms with Gasteiger partial charge in [0.2, 0.25) is 5.91 Å². The van der Waals surface area contributed by atoms with Crippen molar-refractivity contribution in [3.63, 3.8) is 0 Å². The van der Waals surface area contributed by atoms with E-state index in [-0.39, 0.29) is 24.5 Å². The van der Waals surface area contributed by atoms with Gasteiger partial charge in [-0.2, -0.15) is 5.26 Å². The van der Waals surface area contributed by atoms with Gasteiger partial charge in [-0.15, -0.1) is 0 Å². The number of rotatable bonds is 7. The number of nitrogens with one attached hydrogen (secondary N) is 1. The minimum absolute atomic E-state index is 0.0856. The van der Waals surface area contributed by atoms with Gasteiger partial charge in [-0.25, -0.2) is 4.79 Å². The third-order valence-electron chi connectivity index (χ3n) is 5.87. The standard InChI is InChI=1S/C24H26N4O4/c1-28-20-12-17(8-9-22(20)32-24(28)30)16-6-4-15(5-7-16)11-18(14-25)27-23(29)13-19(26)21-3-2-10-31-21/h4-9,12,18-19,21H,2-3,10-11,13,26H2,1H3,(H,27,29)/t18-,19+,21?/m0/s1. The summed E-state index contributed by atoms with van der Waals surface area (Å²) in [6.45, 7) is 0.685. The molecule has 32 heavy (non-hydrogen) atoms. The average molecular weight is 434 g/mol. The molecule has 8 nitrogen and oxygen atoms in total. The van der Waals surface area contributed by atoms with Crippen LogP contribution < -0.4 is 16.8 Å². The Labute approximate surface area is 185 Å². The number of hydrogen-bond acceptors (Lipinski definition) is 6. The lowest BCUT2D eigenvalue weighted by molar-refractivity contribution is -0.122. The monoisotopic (exact) mass is 434 g/mol. The Morgan fingerprint density at radius 2 is 2.03 bits per heavy atom. The van der Waals surface area contributed by atoms with E-state index in [0.29, 0.717) is 18.6 Å².